The molecule has 0 amide bonds. The van der Waals surface area contributed by atoms with E-state index < -0.39 is 6.17 Å². The minimum absolute atomic E-state index is 0.0820. The third-order valence-electron chi connectivity index (χ3n) is 1.88. The summed E-state index contributed by atoms with van der Waals surface area (Å²) in [6, 6.07) is 4.18. The van der Waals surface area contributed by atoms with Crippen LogP contribution in [-0.2, 0) is 6.42 Å². The van der Waals surface area contributed by atoms with Crippen molar-refractivity contribution in [2.45, 2.75) is 12.6 Å². The minimum Gasteiger partial charge on any atom is -0.490 e. The Morgan fingerprint density at radius 2 is 2.25 bits per heavy atom. The van der Waals surface area contributed by atoms with E-state index in [1.807, 2.05) is 0 Å². The highest BCUT2D eigenvalue weighted by Crippen LogP contribution is 2.26. The van der Waals surface area contributed by atoms with E-state index in [4.69, 9.17) is 4.74 Å². The summed E-state index contributed by atoms with van der Waals surface area (Å²) in [6.07, 6.45) is -0.744. The van der Waals surface area contributed by atoms with Gasteiger partial charge in [-0.1, -0.05) is 0 Å². The van der Waals surface area contributed by atoms with Gasteiger partial charge < -0.3 is 4.74 Å². The van der Waals surface area contributed by atoms with Gasteiger partial charge in [0.2, 0.25) is 0 Å². The molecule has 0 saturated carbocycles. The summed E-state index contributed by atoms with van der Waals surface area (Å²) in [5, 5.41) is 0. The van der Waals surface area contributed by atoms with Crippen LogP contribution in [0.25, 0.3) is 0 Å². The van der Waals surface area contributed by atoms with Crippen LogP contribution < -0.4 is 4.74 Å². The molecule has 0 aliphatic carbocycles. The topological polar surface area (TPSA) is 9.23 Å². The minimum atomic E-state index is -1.00. The summed E-state index contributed by atoms with van der Waals surface area (Å²) >= 11 is 0. The molecule has 0 unspecified atom stereocenters. The van der Waals surface area contributed by atoms with Crippen LogP contribution in [0.2, 0.25) is 0 Å². The van der Waals surface area contributed by atoms with Gasteiger partial charge in [0, 0.05) is 12.0 Å². The molecule has 1 aliphatic rings. The number of fused-ring (bicyclic) bond motifs is 1. The number of alkyl halides is 1. The smallest absolute Gasteiger partial charge is 0.138 e. The van der Waals surface area contributed by atoms with Gasteiger partial charge in [-0.15, -0.1) is 0 Å². The molecule has 1 aliphatic heterocycles. The van der Waals surface area contributed by atoms with Crippen LogP contribution in [0.15, 0.2) is 18.2 Å². The van der Waals surface area contributed by atoms with E-state index in [0.717, 1.165) is 0 Å². The predicted molar refractivity (Wildman–Crippen MR) is 40.5 cm³/mol. The van der Waals surface area contributed by atoms with E-state index in [1.165, 1.54) is 18.2 Å². The standard InChI is InChI=1S/C9H8F2O/c10-7-1-2-9-6(3-7)4-8(11)5-12-9/h1-3,8H,4-5H2/t8-/m1/s1. The van der Waals surface area contributed by atoms with Crippen LogP contribution in [0.5, 0.6) is 5.75 Å². The maximum absolute atomic E-state index is 12.7. The molecule has 0 saturated heterocycles. The maximum Gasteiger partial charge on any atom is 0.138 e. The number of ether oxygens (including phenoxy) is 1. The van der Waals surface area contributed by atoms with Gasteiger partial charge in [-0.05, 0) is 18.2 Å². The molecule has 1 aromatic rings. The Balaban J connectivity index is 2.37. The Morgan fingerprint density at radius 1 is 1.42 bits per heavy atom. The van der Waals surface area contributed by atoms with E-state index in [1.54, 1.807) is 0 Å². The third kappa shape index (κ3) is 1.26. The van der Waals surface area contributed by atoms with E-state index >= 15 is 0 Å². The molecule has 1 atom stereocenters. The second kappa shape index (κ2) is 2.73. The van der Waals surface area contributed by atoms with Crippen LogP contribution in [0, 0.1) is 5.82 Å². The second-order valence-corrected chi connectivity index (χ2v) is 2.86. The van der Waals surface area contributed by atoms with Gasteiger partial charge in [-0.2, -0.15) is 0 Å². The van der Waals surface area contributed by atoms with Crippen molar-refractivity contribution in [2.24, 2.45) is 0 Å². The summed E-state index contributed by atoms with van der Waals surface area (Å²) in [6.45, 7) is 0.0820. The Kier molecular flexibility index (Phi) is 1.71. The molecule has 1 aromatic carbocycles. The Bertz CT molecular complexity index is 299. The first kappa shape index (κ1) is 7.53. The molecule has 1 heterocycles. The highest BCUT2D eigenvalue weighted by Gasteiger charge is 2.18. The average molecular weight is 170 g/mol. The largest absolute Gasteiger partial charge is 0.490 e. The lowest BCUT2D eigenvalue weighted by molar-refractivity contribution is 0.173. The highest BCUT2D eigenvalue weighted by atomic mass is 19.1. The lowest BCUT2D eigenvalue weighted by Gasteiger charge is -2.19. The Hall–Kier alpha value is -1.12. The van der Waals surface area contributed by atoms with Crippen molar-refractivity contribution in [2.75, 3.05) is 6.61 Å². The normalized spacial score (nSPS) is 21.3. The van der Waals surface area contributed by atoms with E-state index in [9.17, 15) is 8.78 Å². The van der Waals surface area contributed by atoms with Gasteiger partial charge in [0.25, 0.3) is 0 Å². The van der Waals surface area contributed by atoms with Crippen molar-refractivity contribution in [3.63, 3.8) is 0 Å². The van der Waals surface area contributed by atoms with Crippen LogP contribution >= 0.6 is 0 Å². The van der Waals surface area contributed by atoms with E-state index in [0.29, 0.717) is 11.3 Å². The fourth-order valence-corrected chi connectivity index (χ4v) is 1.33. The fraction of sp³-hybridized carbons (Fsp3) is 0.333. The van der Waals surface area contributed by atoms with Crippen molar-refractivity contribution >= 4 is 0 Å². The molecule has 0 bridgehead atoms. The summed E-state index contributed by atoms with van der Waals surface area (Å²) in [5.74, 6) is 0.261. The Labute approximate surface area is 69.0 Å². The molecule has 64 valence electrons. The zero-order valence-corrected chi connectivity index (χ0v) is 6.39. The van der Waals surface area contributed by atoms with Gasteiger partial charge >= 0.3 is 0 Å². The van der Waals surface area contributed by atoms with Crippen molar-refractivity contribution in [1.29, 1.82) is 0 Å². The molecule has 12 heavy (non-hydrogen) atoms. The van der Waals surface area contributed by atoms with Crippen molar-refractivity contribution < 1.29 is 13.5 Å². The molecule has 0 spiro atoms. The molecule has 2 rings (SSSR count). The number of hydrogen-bond acceptors (Lipinski definition) is 1. The summed E-state index contributed by atoms with van der Waals surface area (Å²) < 4.78 is 30.4. The Morgan fingerprint density at radius 3 is 3.08 bits per heavy atom. The average Bonchev–Trinajstić information content (AvgIpc) is 2.03. The van der Waals surface area contributed by atoms with Gasteiger partial charge in [0.05, 0.1) is 0 Å². The van der Waals surface area contributed by atoms with Crippen LogP contribution in [0.3, 0.4) is 0 Å². The lowest BCUT2D eigenvalue weighted by atomic mass is 10.1. The molecular formula is C9H8F2O. The molecular weight excluding hydrogens is 162 g/mol. The van der Waals surface area contributed by atoms with Crippen LogP contribution in [0.4, 0.5) is 8.78 Å². The quantitative estimate of drug-likeness (QED) is 0.579. The maximum atomic E-state index is 12.7. The molecule has 1 nitrogen and oxygen atoms in total. The van der Waals surface area contributed by atoms with Gasteiger partial charge in [-0.25, -0.2) is 8.78 Å². The zero-order chi connectivity index (χ0) is 8.55. The zero-order valence-electron chi connectivity index (χ0n) is 6.39. The summed E-state index contributed by atoms with van der Waals surface area (Å²) in [7, 11) is 0. The molecule has 0 radical (unpaired) electrons. The summed E-state index contributed by atoms with van der Waals surface area (Å²) in [5.41, 5.74) is 0.619. The number of halogens is 2. The molecule has 0 N–H and O–H groups in total. The monoisotopic (exact) mass is 170 g/mol. The third-order valence-corrected chi connectivity index (χ3v) is 1.88. The van der Waals surface area contributed by atoms with Crippen molar-refractivity contribution in [3.05, 3.63) is 29.6 Å². The van der Waals surface area contributed by atoms with Crippen molar-refractivity contribution in [3.8, 4) is 5.75 Å². The molecule has 0 fully saturated rings. The van der Waals surface area contributed by atoms with Gasteiger partial charge in [0.15, 0.2) is 0 Å². The number of benzene rings is 1. The molecule has 3 heteroatoms. The SMILES string of the molecule is Fc1ccc2c(c1)C[C@@H](F)CO2. The number of rotatable bonds is 0. The fourth-order valence-electron chi connectivity index (χ4n) is 1.33. The van der Waals surface area contributed by atoms with Gasteiger partial charge in [-0.3, -0.25) is 0 Å². The number of hydrogen-bond donors (Lipinski definition) is 0. The van der Waals surface area contributed by atoms with E-state index in [2.05, 4.69) is 0 Å². The highest BCUT2D eigenvalue weighted by molar-refractivity contribution is 5.35. The first-order valence-electron chi connectivity index (χ1n) is 3.81. The second-order valence-electron chi connectivity index (χ2n) is 2.86. The molecule has 0 aromatic heterocycles. The first-order valence-corrected chi connectivity index (χ1v) is 3.81. The van der Waals surface area contributed by atoms with Crippen molar-refractivity contribution in [1.82, 2.24) is 0 Å². The van der Waals surface area contributed by atoms with E-state index in [-0.39, 0.29) is 18.8 Å². The van der Waals surface area contributed by atoms with Gasteiger partial charge in [0.1, 0.15) is 24.3 Å². The lowest BCUT2D eigenvalue weighted by Crippen LogP contribution is -2.21. The van der Waals surface area contributed by atoms with Crippen LogP contribution in [-0.4, -0.2) is 12.8 Å². The van der Waals surface area contributed by atoms with Crippen LogP contribution in [0.1, 0.15) is 5.56 Å². The first-order chi connectivity index (χ1) is 5.75. The predicted octanol–water partition coefficient (Wildman–Crippen LogP) is 2.10. The summed E-state index contributed by atoms with van der Waals surface area (Å²) in [4.78, 5) is 0.